The standard InChI is InChI=1S/C23H24N4O3S2/c1-3-17-14(2)32-21-20(17)22(29)27(12-16-8-6-10-30-16)23(26-21)31-13-19(28)25-18-9-5-4-7-15(18)11-24/h4-5,7,9,16H,3,6,8,10,12-13H2,1-2H3,(H,25,28). The molecule has 7 nitrogen and oxygen atoms in total. The summed E-state index contributed by atoms with van der Waals surface area (Å²) in [5.74, 6) is -0.180. The Morgan fingerprint density at radius 2 is 2.25 bits per heavy atom. The summed E-state index contributed by atoms with van der Waals surface area (Å²) >= 11 is 2.75. The van der Waals surface area contributed by atoms with Gasteiger partial charge in [0.2, 0.25) is 5.91 Å². The molecule has 1 atom stereocenters. The number of aromatic nitrogens is 2. The lowest BCUT2D eigenvalue weighted by molar-refractivity contribution is -0.113. The first-order valence-electron chi connectivity index (χ1n) is 10.6. The van der Waals surface area contributed by atoms with Crippen molar-refractivity contribution >= 4 is 44.9 Å². The molecule has 1 fully saturated rings. The number of para-hydroxylation sites is 1. The minimum absolute atomic E-state index is 0.0209. The molecule has 1 N–H and O–H groups in total. The van der Waals surface area contributed by atoms with Crippen LogP contribution in [0.4, 0.5) is 5.69 Å². The molecule has 3 aromatic rings. The van der Waals surface area contributed by atoms with E-state index >= 15 is 0 Å². The smallest absolute Gasteiger partial charge is 0.263 e. The van der Waals surface area contributed by atoms with Crippen molar-refractivity contribution in [2.75, 3.05) is 17.7 Å². The van der Waals surface area contributed by atoms with Gasteiger partial charge in [-0.05, 0) is 43.9 Å². The number of thiophene rings is 1. The maximum absolute atomic E-state index is 13.5. The van der Waals surface area contributed by atoms with Gasteiger partial charge in [-0.15, -0.1) is 11.3 Å². The summed E-state index contributed by atoms with van der Waals surface area (Å²) in [6, 6.07) is 8.94. The van der Waals surface area contributed by atoms with Crippen molar-refractivity contribution in [3.05, 3.63) is 50.6 Å². The second-order valence-electron chi connectivity index (χ2n) is 7.61. The van der Waals surface area contributed by atoms with Gasteiger partial charge < -0.3 is 10.1 Å². The molecular weight excluding hydrogens is 444 g/mol. The maximum Gasteiger partial charge on any atom is 0.263 e. The zero-order valence-electron chi connectivity index (χ0n) is 18.0. The topological polar surface area (TPSA) is 97.0 Å². The van der Waals surface area contributed by atoms with Gasteiger partial charge in [0.1, 0.15) is 10.9 Å². The van der Waals surface area contributed by atoms with Gasteiger partial charge in [-0.1, -0.05) is 30.8 Å². The molecule has 0 aliphatic carbocycles. The molecule has 32 heavy (non-hydrogen) atoms. The molecule has 1 aromatic carbocycles. The van der Waals surface area contributed by atoms with Crippen molar-refractivity contribution in [2.45, 2.75) is 50.9 Å². The van der Waals surface area contributed by atoms with Crippen LogP contribution in [0.2, 0.25) is 0 Å². The van der Waals surface area contributed by atoms with E-state index in [0.717, 1.165) is 29.7 Å². The van der Waals surface area contributed by atoms with E-state index in [2.05, 4.69) is 11.4 Å². The van der Waals surface area contributed by atoms with Crippen molar-refractivity contribution in [1.82, 2.24) is 9.55 Å². The lowest BCUT2D eigenvalue weighted by atomic mass is 10.1. The van der Waals surface area contributed by atoms with Crippen molar-refractivity contribution in [2.24, 2.45) is 0 Å². The molecule has 166 valence electrons. The number of anilines is 1. The monoisotopic (exact) mass is 468 g/mol. The van der Waals surface area contributed by atoms with Crippen LogP contribution in [-0.2, 0) is 22.5 Å². The molecule has 4 rings (SSSR count). The Morgan fingerprint density at radius 1 is 1.44 bits per heavy atom. The van der Waals surface area contributed by atoms with Crippen LogP contribution in [0.5, 0.6) is 0 Å². The summed E-state index contributed by atoms with van der Waals surface area (Å²) in [5.41, 5.74) is 1.86. The number of rotatable bonds is 7. The van der Waals surface area contributed by atoms with E-state index in [4.69, 9.17) is 9.72 Å². The Labute approximate surface area is 194 Å². The van der Waals surface area contributed by atoms with E-state index in [0.29, 0.717) is 39.8 Å². The molecule has 2 aromatic heterocycles. The van der Waals surface area contributed by atoms with Gasteiger partial charge in [0.05, 0.1) is 35.0 Å². The highest BCUT2D eigenvalue weighted by molar-refractivity contribution is 7.99. The Hall–Kier alpha value is -2.67. The first kappa shape index (κ1) is 22.5. The number of nitrogens with one attached hydrogen (secondary N) is 1. The highest BCUT2D eigenvalue weighted by atomic mass is 32.2. The third kappa shape index (κ3) is 4.58. The van der Waals surface area contributed by atoms with Crippen LogP contribution < -0.4 is 10.9 Å². The summed E-state index contributed by atoms with van der Waals surface area (Å²) < 4.78 is 7.44. The second kappa shape index (κ2) is 9.86. The SMILES string of the molecule is CCc1c(C)sc2nc(SCC(=O)Nc3ccccc3C#N)n(CC3CCCO3)c(=O)c12. The van der Waals surface area contributed by atoms with Gasteiger partial charge >= 0.3 is 0 Å². The number of nitriles is 1. The predicted octanol–water partition coefficient (Wildman–Crippen LogP) is 4.11. The summed E-state index contributed by atoms with van der Waals surface area (Å²) in [4.78, 5) is 32.6. The summed E-state index contributed by atoms with van der Waals surface area (Å²) in [7, 11) is 0. The summed E-state index contributed by atoms with van der Waals surface area (Å²) in [5, 5.41) is 13.2. The maximum atomic E-state index is 13.5. The molecule has 0 bridgehead atoms. The van der Waals surface area contributed by atoms with Gasteiger partial charge in [0.25, 0.3) is 5.56 Å². The second-order valence-corrected chi connectivity index (χ2v) is 9.76. The van der Waals surface area contributed by atoms with E-state index in [1.807, 2.05) is 13.8 Å². The zero-order valence-corrected chi connectivity index (χ0v) is 19.6. The van der Waals surface area contributed by atoms with Crippen molar-refractivity contribution in [1.29, 1.82) is 5.26 Å². The average Bonchev–Trinajstić information content (AvgIpc) is 3.41. The van der Waals surface area contributed by atoms with Gasteiger partial charge in [0, 0.05) is 11.5 Å². The van der Waals surface area contributed by atoms with Crippen LogP contribution in [0.25, 0.3) is 10.2 Å². The minimum atomic E-state index is -0.257. The number of carbonyl (C=O) groups excluding carboxylic acids is 1. The number of hydrogen-bond donors (Lipinski definition) is 1. The average molecular weight is 469 g/mol. The molecule has 0 radical (unpaired) electrons. The molecule has 1 unspecified atom stereocenters. The molecule has 1 amide bonds. The third-order valence-corrected chi connectivity index (χ3v) is 7.51. The number of carbonyl (C=O) groups is 1. The fraction of sp³-hybridized carbons (Fsp3) is 0.391. The van der Waals surface area contributed by atoms with Crippen molar-refractivity contribution in [3.8, 4) is 6.07 Å². The normalized spacial score (nSPS) is 15.7. The molecule has 1 aliphatic rings. The lowest BCUT2D eigenvalue weighted by Gasteiger charge is -2.16. The number of benzene rings is 1. The summed E-state index contributed by atoms with van der Waals surface area (Å²) in [6.07, 6.45) is 2.64. The Kier molecular flexibility index (Phi) is 6.94. The minimum Gasteiger partial charge on any atom is -0.376 e. The van der Waals surface area contributed by atoms with E-state index in [1.54, 1.807) is 28.8 Å². The molecule has 1 aliphatic heterocycles. The number of amides is 1. The lowest BCUT2D eigenvalue weighted by Crippen LogP contribution is -2.29. The third-order valence-electron chi connectivity index (χ3n) is 5.50. The fourth-order valence-electron chi connectivity index (χ4n) is 3.93. The predicted molar refractivity (Wildman–Crippen MR) is 127 cm³/mol. The summed E-state index contributed by atoms with van der Waals surface area (Å²) in [6.45, 7) is 5.20. The Balaban J connectivity index is 1.62. The quantitative estimate of drug-likeness (QED) is 0.414. The first-order chi connectivity index (χ1) is 15.5. The number of fused-ring (bicyclic) bond motifs is 1. The van der Waals surface area contributed by atoms with Crippen LogP contribution in [0.3, 0.4) is 0 Å². The van der Waals surface area contributed by atoms with Gasteiger partial charge in [0.15, 0.2) is 5.16 Å². The van der Waals surface area contributed by atoms with Crippen molar-refractivity contribution < 1.29 is 9.53 Å². The zero-order chi connectivity index (χ0) is 22.7. The molecule has 1 saturated heterocycles. The molecule has 9 heteroatoms. The Bertz CT molecular complexity index is 1250. The number of nitrogens with zero attached hydrogens (tertiary/aromatic N) is 3. The van der Waals surface area contributed by atoms with E-state index in [-0.39, 0.29) is 23.3 Å². The number of ether oxygens (including phenoxy) is 1. The van der Waals surface area contributed by atoms with Gasteiger partial charge in [-0.25, -0.2) is 4.98 Å². The van der Waals surface area contributed by atoms with Crippen LogP contribution in [0.15, 0.2) is 34.2 Å². The fourth-order valence-corrected chi connectivity index (χ4v) is 5.89. The van der Waals surface area contributed by atoms with E-state index in [1.165, 1.54) is 23.1 Å². The van der Waals surface area contributed by atoms with Crippen molar-refractivity contribution in [3.63, 3.8) is 0 Å². The van der Waals surface area contributed by atoms with Gasteiger partial charge in [-0.2, -0.15) is 5.26 Å². The number of aryl methyl sites for hydroxylation is 2. The van der Waals surface area contributed by atoms with E-state index < -0.39 is 0 Å². The molecular formula is C23H24N4O3S2. The largest absolute Gasteiger partial charge is 0.376 e. The molecule has 0 spiro atoms. The first-order valence-corrected chi connectivity index (χ1v) is 12.4. The Morgan fingerprint density at radius 3 is 2.97 bits per heavy atom. The van der Waals surface area contributed by atoms with Gasteiger partial charge in [-0.3, -0.25) is 14.2 Å². The molecule has 0 saturated carbocycles. The van der Waals surface area contributed by atoms with Crippen LogP contribution >= 0.6 is 23.1 Å². The number of thioether (sulfide) groups is 1. The van der Waals surface area contributed by atoms with E-state index in [9.17, 15) is 14.9 Å². The molecule has 3 heterocycles. The van der Waals surface area contributed by atoms with Crippen LogP contribution in [-0.4, -0.2) is 33.9 Å². The highest BCUT2D eigenvalue weighted by Gasteiger charge is 2.23. The highest BCUT2D eigenvalue weighted by Crippen LogP contribution is 2.30. The van der Waals surface area contributed by atoms with Crippen LogP contribution in [0, 0.1) is 18.3 Å². The number of hydrogen-bond acceptors (Lipinski definition) is 7. The van der Waals surface area contributed by atoms with Crippen LogP contribution in [0.1, 0.15) is 35.8 Å².